The molecule has 0 saturated heterocycles. The largest absolute Gasteiger partial charge is 0.390 e. The summed E-state index contributed by atoms with van der Waals surface area (Å²) >= 11 is 7.87. The molecule has 2 aromatic rings. The minimum Gasteiger partial charge on any atom is -0.390 e. The molecule has 2 aromatic carbocycles. The molecule has 0 amide bonds. The Labute approximate surface area is 145 Å². The Balaban J connectivity index is 1.61. The maximum Gasteiger partial charge on any atom is 0.0991 e. The lowest BCUT2D eigenvalue weighted by molar-refractivity contribution is 0.647. The molecule has 3 nitrogen and oxygen atoms in total. The van der Waals surface area contributed by atoms with Crippen molar-refractivity contribution in [3.05, 3.63) is 75.8 Å². The van der Waals surface area contributed by atoms with Crippen LogP contribution in [0.5, 0.6) is 0 Å². The third-order valence-corrected chi connectivity index (χ3v) is 5.13. The average molecular weight is 342 g/mol. The summed E-state index contributed by atoms with van der Waals surface area (Å²) in [5.41, 5.74) is 2.82. The van der Waals surface area contributed by atoms with Gasteiger partial charge in [-0.25, -0.2) is 0 Å². The van der Waals surface area contributed by atoms with Gasteiger partial charge in [0.1, 0.15) is 0 Å². The third kappa shape index (κ3) is 4.01. The molecule has 2 N–H and O–H groups in total. The summed E-state index contributed by atoms with van der Waals surface area (Å²) in [5, 5.41) is 13.0. The summed E-state index contributed by atoms with van der Waals surface area (Å²) in [5.74, 6) is 0.408. The molecule has 1 unspecified atom stereocenters. The summed E-state index contributed by atoms with van der Waals surface area (Å²) < 4.78 is 3.33. The Kier molecular flexibility index (Phi) is 5.12. The van der Waals surface area contributed by atoms with E-state index in [1.54, 1.807) is 11.9 Å². The zero-order valence-corrected chi connectivity index (χ0v) is 14.0. The first-order valence-corrected chi connectivity index (χ1v) is 8.55. The third-order valence-electron chi connectivity index (χ3n) is 3.74. The summed E-state index contributed by atoms with van der Waals surface area (Å²) in [7, 11) is 0. The molecule has 0 aromatic heterocycles. The predicted octanol–water partition coefficient (Wildman–Crippen LogP) is 4.58. The molecule has 3 rings (SSSR count). The van der Waals surface area contributed by atoms with Crippen LogP contribution in [0.25, 0.3) is 0 Å². The fraction of sp³-hybridized carbons (Fsp3) is 0.167. The zero-order valence-electron chi connectivity index (χ0n) is 12.4. The van der Waals surface area contributed by atoms with Crippen molar-refractivity contribution >= 4 is 29.2 Å². The van der Waals surface area contributed by atoms with Crippen LogP contribution in [0.2, 0.25) is 5.02 Å². The van der Waals surface area contributed by atoms with Crippen molar-refractivity contribution in [1.29, 1.82) is 5.26 Å². The number of nitrogens with zero attached hydrogens (tertiary/aromatic N) is 1. The number of rotatable bonds is 5. The normalized spacial score (nSPS) is 16.3. The van der Waals surface area contributed by atoms with Crippen LogP contribution >= 0.6 is 23.5 Å². The first-order chi connectivity index (χ1) is 11.3. The Morgan fingerprint density at radius 2 is 2.00 bits per heavy atom. The van der Waals surface area contributed by atoms with Crippen LogP contribution in [0, 0.1) is 17.2 Å². The minimum absolute atomic E-state index is 0.408. The molecule has 0 bridgehead atoms. The smallest absolute Gasteiger partial charge is 0.0991 e. The predicted molar refractivity (Wildman–Crippen MR) is 97.1 cm³/mol. The quantitative estimate of drug-likeness (QED) is 0.782. The van der Waals surface area contributed by atoms with Crippen LogP contribution in [0.15, 0.2) is 59.6 Å². The van der Waals surface area contributed by atoms with Gasteiger partial charge in [-0.15, -0.1) is 0 Å². The Morgan fingerprint density at radius 3 is 2.74 bits per heavy atom. The Hall–Kier alpha value is -2.09. The highest BCUT2D eigenvalue weighted by atomic mass is 35.5. The molecule has 0 aliphatic carbocycles. The van der Waals surface area contributed by atoms with E-state index in [4.69, 9.17) is 16.9 Å². The lowest BCUT2D eigenvalue weighted by atomic mass is 10.0. The SMILES string of the molecule is N#Cc1ccc(NSC2=CNCC2Cc2ccccc2Cl)cc1. The van der Waals surface area contributed by atoms with Gasteiger partial charge in [0.15, 0.2) is 0 Å². The van der Waals surface area contributed by atoms with Crippen molar-refractivity contribution < 1.29 is 0 Å². The number of anilines is 1. The second kappa shape index (κ2) is 7.45. The van der Waals surface area contributed by atoms with Gasteiger partial charge in [-0.05, 0) is 54.3 Å². The number of nitrogens with one attached hydrogen (secondary N) is 2. The molecule has 1 heterocycles. The van der Waals surface area contributed by atoms with E-state index in [0.29, 0.717) is 11.5 Å². The molecule has 1 atom stereocenters. The van der Waals surface area contributed by atoms with Crippen LogP contribution < -0.4 is 10.0 Å². The van der Waals surface area contributed by atoms with Crippen LogP contribution in [0.1, 0.15) is 11.1 Å². The summed E-state index contributed by atoms with van der Waals surface area (Å²) in [6.07, 6.45) is 2.98. The van der Waals surface area contributed by atoms with Crippen molar-refractivity contribution in [3.63, 3.8) is 0 Å². The molecule has 0 radical (unpaired) electrons. The van der Waals surface area contributed by atoms with Gasteiger partial charge < -0.3 is 10.0 Å². The molecule has 0 spiro atoms. The lowest BCUT2D eigenvalue weighted by Gasteiger charge is -2.15. The van der Waals surface area contributed by atoms with E-state index in [2.05, 4.69) is 28.4 Å². The lowest BCUT2D eigenvalue weighted by Crippen LogP contribution is -2.13. The van der Waals surface area contributed by atoms with Crippen molar-refractivity contribution in [2.24, 2.45) is 5.92 Å². The van der Waals surface area contributed by atoms with Gasteiger partial charge in [0, 0.05) is 34.3 Å². The van der Waals surface area contributed by atoms with Gasteiger partial charge in [-0.1, -0.05) is 29.8 Å². The topological polar surface area (TPSA) is 47.9 Å². The highest BCUT2D eigenvalue weighted by molar-refractivity contribution is 8.04. The molecule has 23 heavy (non-hydrogen) atoms. The van der Waals surface area contributed by atoms with Crippen LogP contribution in [0.4, 0.5) is 5.69 Å². The Morgan fingerprint density at radius 1 is 1.22 bits per heavy atom. The maximum atomic E-state index is 8.82. The number of benzene rings is 2. The first kappa shape index (κ1) is 15.8. The van der Waals surface area contributed by atoms with E-state index in [0.717, 1.165) is 23.7 Å². The highest BCUT2D eigenvalue weighted by Gasteiger charge is 2.21. The Bertz CT molecular complexity index is 750. The molecular weight excluding hydrogens is 326 g/mol. The van der Waals surface area contributed by atoms with Gasteiger partial charge in [-0.3, -0.25) is 0 Å². The van der Waals surface area contributed by atoms with E-state index >= 15 is 0 Å². The van der Waals surface area contributed by atoms with Gasteiger partial charge in [0.25, 0.3) is 0 Å². The highest BCUT2D eigenvalue weighted by Crippen LogP contribution is 2.32. The molecule has 0 saturated carbocycles. The fourth-order valence-corrected chi connectivity index (χ4v) is 3.53. The van der Waals surface area contributed by atoms with E-state index in [-0.39, 0.29) is 0 Å². The van der Waals surface area contributed by atoms with Gasteiger partial charge in [-0.2, -0.15) is 5.26 Å². The minimum atomic E-state index is 0.408. The fourth-order valence-electron chi connectivity index (χ4n) is 2.47. The van der Waals surface area contributed by atoms with Crippen molar-refractivity contribution in [3.8, 4) is 6.07 Å². The number of hydrogen-bond donors (Lipinski definition) is 2. The number of hydrogen-bond acceptors (Lipinski definition) is 4. The van der Waals surface area contributed by atoms with Gasteiger partial charge in [0.2, 0.25) is 0 Å². The molecular formula is C18H16ClN3S. The summed E-state index contributed by atoms with van der Waals surface area (Å²) in [6.45, 7) is 0.919. The molecule has 5 heteroatoms. The second-order valence-corrected chi connectivity index (χ2v) is 6.63. The van der Waals surface area contributed by atoms with E-state index in [1.807, 2.05) is 42.5 Å². The van der Waals surface area contributed by atoms with Crippen LogP contribution in [0.3, 0.4) is 0 Å². The molecule has 0 fully saturated rings. The molecule has 116 valence electrons. The van der Waals surface area contributed by atoms with Crippen molar-refractivity contribution in [2.75, 3.05) is 11.3 Å². The van der Waals surface area contributed by atoms with Crippen molar-refractivity contribution in [2.45, 2.75) is 6.42 Å². The zero-order chi connectivity index (χ0) is 16.1. The van der Waals surface area contributed by atoms with Crippen LogP contribution in [-0.2, 0) is 6.42 Å². The standard InChI is InChI=1S/C18H16ClN3S/c19-17-4-2-1-3-14(17)9-15-11-21-12-18(15)23-22-16-7-5-13(10-20)6-8-16/h1-8,12,15,21-22H,9,11H2. The van der Waals surface area contributed by atoms with Crippen LogP contribution in [-0.4, -0.2) is 6.54 Å². The second-order valence-electron chi connectivity index (χ2n) is 5.34. The number of nitriles is 1. The molecule has 1 aliphatic heterocycles. The molecule has 1 aliphatic rings. The maximum absolute atomic E-state index is 8.82. The monoisotopic (exact) mass is 341 g/mol. The van der Waals surface area contributed by atoms with Crippen molar-refractivity contribution in [1.82, 2.24) is 5.32 Å². The van der Waals surface area contributed by atoms with Gasteiger partial charge in [0.05, 0.1) is 11.6 Å². The van der Waals surface area contributed by atoms with E-state index in [1.165, 1.54) is 10.5 Å². The first-order valence-electron chi connectivity index (χ1n) is 7.36. The summed E-state index contributed by atoms with van der Waals surface area (Å²) in [6, 6.07) is 17.6. The average Bonchev–Trinajstić information content (AvgIpc) is 3.03. The van der Waals surface area contributed by atoms with Gasteiger partial charge >= 0.3 is 0 Å². The number of halogens is 1. The summed E-state index contributed by atoms with van der Waals surface area (Å²) in [4.78, 5) is 1.26. The van der Waals surface area contributed by atoms with E-state index < -0.39 is 0 Å². The van der Waals surface area contributed by atoms with E-state index in [9.17, 15) is 0 Å².